The van der Waals surface area contributed by atoms with E-state index in [1.165, 1.54) is 34.2 Å². The highest BCUT2D eigenvalue weighted by atomic mass is 32.2. The third kappa shape index (κ3) is 4.42. The van der Waals surface area contributed by atoms with Crippen molar-refractivity contribution in [3.05, 3.63) is 87.4 Å². The highest BCUT2D eigenvalue weighted by molar-refractivity contribution is 7.98. The molecule has 9 heteroatoms. The predicted molar refractivity (Wildman–Crippen MR) is 122 cm³/mol. The first-order chi connectivity index (χ1) is 15.0. The molecule has 0 aliphatic heterocycles. The first-order valence-corrected chi connectivity index (χ1v) is 11.3. The molecule has 2 heterocycles. The van der Waals surface area contributed by atoms with Crippen molar-refractivity contribution in [1.29, 1.82) is 0 Å². The number of thioether (sulfide) groups is 1. The summed E-state index contributed by atoms with van der Waals surface area (Å²) in [7, 11) is 0. The molecule has 0 bridgehead atoms. The molecule has 4 aromatic rings. The first kappa shape index (κ1) is 21.0. The van der Waals surface area contributed by atoms with Crippen molar-refractivity contribution in [2.24, 2.45) is 0 Å². The molecule has 0 unspecified atom stereocenters. The number of nitrogens with one attached hydrogen (secondary N) is 1. The first-order valence-electron chi connectivity index (χ1n) is 9.23. The van der Waals surface area contributed by atoms with E-state index < -0.39 is 17.2 Å². The van der Waals surface area contributed by atoms with Gasteiger partial charge < -0.3 is 0 Å². The van der Waals surface area contributed by atoms with Gasteiger partial charge in [0.1, 0.15) is 11.5 Å². The molecule has 156 valence electrons. The fourth-order valence-electron chi connectivity index (χ4n) is 2.95. The van der Waals surface area contributed by atoms with Gasteiger partial charge in [0.05, 0.1) is 5.69 Å². The van der Waals surface area contributed by atoms with Gasteiger partial charge in [0.2, 0.25) is 5.43 Å². The molecular weight excluding hydrogens is 435 g/mol. The summed E-state index contributed by atoms with van der Waals surface area (Å²) < 4.78 is 15.4. The van der Waals surface area contributed by atoms with Gasteiger partial charge in [-0.3, -0.25) is 14.9 Å². The topological polar surface area (TPSA) is 76.9 Å². The van der Waals surface area contributed by atoms with Crippen LogP contribution in [0.4, 0.5) is 9.52 Å². The Balaban J connectivity index is 1.61. The second kappa shape index (κ2) is 8.83. The molecule has 0 radical (unpaired) electrons. The Morgan fingerprint density at radius 2 is 1.90 bits per heavy atom. The van der Waals surface area contributed by atoms with Crippen LogP contribution in [0, 0.1) is 12.7 Å². The summed E-state index contributed by atoms with van der Waals surface area (Å²) in [4.78, 5) is 30.7. The third-order valence-corrected chi connectivity index (χ3v) is 6.01. The molecule has 0 fully saturated rings. The van der Waals surface area contributed by atoms with Crippen molar-refractivity contribution in [3.8, 4) is 16.9 Å². The number of benzene rings is 2. The van der Waals surface area contributed by atoms with Gasteiger partial charge in [0, 0.05) is 27.6 Å². The lowest BCUT2D eigenvalue weighted by molar-refractivity contribution is 0.101. The zero-order valence-corrected chi connectivity index (χ0v) is 18.3. The lowest BCUT2D eigenvalue weighted by Gasteiger charge is -2.11. The highest BCUT2D eigenvalue weighted by Crippen LogP contribution is 2.27. The summed E-state index contributed by atoms with van der Waals surface area (Å²) >= 11 is 2.89. The minimum absolute atomic E-state index is 0.152. The van der Waals surface area contributed by atoms with Gasteiger partial charge in [-0.05, 0) is 37.4 Å². The second-order valence-corrected chi connectivity index (χ2v) is 8.32. The molecule has 0 atom stereocenters. The number of hydrogen-bond acceptors (Lipinski definition) is 6. The standard InChI is InChI=1S/C22H17FN4O2S2/c1-13-11-19(28)20(26-27(13)18-6-4-3-5-16(18)23)21(29)25-22-24-17(12-31-22)14-7-9-15(30-2)10-8-14/h3-12H,1-2H3,(H,24,25,29). The number of thiazole rings is 1. The van der Waals surface area contributed by atoms with Crippen LogP contribution in [0.3, 0.4) is 0 Å². The van der Waals surface area contributed by atoms with Gasteiger partial charge in [-0.2, -0.15) is 5.10 Å². The number of rotatable bonds is 5. The Kier molecular flexibility index (Phi) is 5.97. The molecule has 2 aromatic heterocycles. The van der Waals surface area contributed by atoms with Crippen LogP contribution < -0.4 is 10.7 Å². The molecular formula is C22H17FN4O2S2. The van der Waals surface area contributed by atoms with Crippen molar-refractivity contribution in [3.63, 3.8) is 0 Å². The number of nitrogens with zero attached hydrogens (tertiary/aromatic N) is 3. The molecule has 1 amide bonds. The lowest BCUT2D eigenvalue weighted by Crippen LogP contribution is -2.27. The summed E-state index contributed by atoms with van der Waals surface area (Å²) in [5.41, 5.74) is 1.32. The fraction of sp³-hybridized carbons (Fsp3) is 0.0909. The number of halogens is 1. The van der Waals surface area contributed by atoms with E-state index in [2.05, 4.69) is 15.4 Å². The number of amides is 1. The van der Waals surface area contributed by atoms with E-state index >= 15 is 0 Å². The number of para-hydroxylation sites is 1. The zero-order valence-electron chi connectivity index (χ0n) is 16.6. The lowest BCUT2D eigenvalue weighted by atomic mass is 10.2. The maximum absolute atomic E-state index is 14.2. The Morgan fingerprint density at radius 1 is 1.16 bits per heavy atom. The normalized spacial score (nSPS) is 10.8. The van der Waals surface area contributed by atoms with Crippen LogP contribution in [0.5, 0.6) is 0 Å². The summed E-state index contributed by atoms with van der Waals surface area (Å²) in [6.45, 7) is 1.62. The van der Waals surface area contributed by atoms with Gasteiger partial charge in [-0.1, -0.05) is 24.3 Å². The van der Waals surface area contributed by atoms with E-state index in [-0.39, 0.29) is 11.4 Å². The van der Waals surface area contributed by atoms with Crippen LogP contribution in [-0.2, 0) is 0 Å². The third-order valence-electron chi connectivity index (χ3n) is 4.51. The van der Waals surface area contributed by atoms with Crippen LogP contribution in [0.15, 0.2) is 69.7 Å². The maximum atomic E-state index is 14.2. The second-order valence-electron chi connectivity index (χ2n) is 6.58. The molecule has 31 heavy (non-hydrogen) atoms. The van der Waals surface area contributed by atoms with Gasteiger partial charge in [0.15, 0.2) is 10.8 Å². The van der Waals surface area contributed by atoms with E-state index in [4.69, 9.17) is 0 Å². The molecule has 1 N–H and O–H groups in total. The monoisotopic (exact) mass is 452 g/mol. The Hall–Kier alpha value is -3.30. The smallest absolute Gasteiger partial charge is 0.281 e. The molecule has 0 saturated carbocycles. The van der Waals surface area contributed by atoms with Crippen LogP contribution in [-0.4, -0.2) is 26.9 Å². The van der Waals surface area contributed by atoms with Crippen molar-refractivity contribution in [2.75, 3.05) is 11.6 Å². The van der Waals surface area contributed by atoms with Gasteiger partial charge in [-0.15, -0.1) is 23.1 Å². The molecule has 0 saturated heterocycles. The number of aromatic nitrogens is 3. The Morgan fingerprint density at radius 3 is 2.61 bits per heavy atom. The van der Waals surface area contributed by atoms with Crippen molar-refractivity contribution < 1.29 is 9.18 Å². The van der Waals surface area contributed by atoms with Gasteiger partial charge >= 0.3 is 0 Å². The van der Waals surface area contributed by atoms with Crippen LogP contribution in [0.25, 0.3) is 16.9 Å². The van der Waals surface area contributed by atoms with E-state index in [9.17, 15) is 14.0 Å². The maximum Gasteiger partial charge on any atom is 0.281 e. The SMILES string of the molecule is CSc1ccc(-c2csc(NC(=O)c3nn(-c4ccccc4F)c(C)cc3=O)n2)cc1. The molecule has 0 spiro atoms. The minimum Gasteiger partial charge on any atom is -0.296 e. The molecule has 4 rings (SSSR count). The molecule has 6 nitrogen and oxygen atoms in total. The van der Waals surface area contributed by atoms with Crippen molar-refractivity contribution in [1.82, 2.24) is 14.8 Å². The summed E-state index contributed by atoms with van der Waals surface area (Å²) in [6, 6.07) is 15.2. The van der Waals surface area contributed by atoms with Crippen molar-refractivity contribution in [2.45, 2.75) is 11.8 Å². The van der Waals surface area contributed by atoms with E-state index in [1.807, 2.05) is 35.9 Å². The molecule has 0 aliphatic carbocycles. The van der Waals surface area contributed by atoms with Gasteiger partial charge in [-0.25, -0.2) is 14.1 Å². The van der Waals surface area contributed by atoms with E-state index in [0.717, 1.165) is 10.5 Å². The molecule has 0 aliphatic rings. The average molecular weight is 453 g/mol. The zero-order chi connectivity index (χ0) is 22.0. The highest BCUT2D eigenvalue weighted by Gasteiger charge is 2.18. The number of anilines is 1. The summed E-state index contributed by atoms with van der Waals surface area (Å²) in [6.07, 6.45) is 2.00. The minimum atomic E-state index is -0.700. The summed E-state index contributed by atoms with van der Waals surface area (Å²) in [5.74, 6) is -1.21. The van der Waals surface area contributed by atoms with Gasteiger partial charge in [0.25, 0.3) is 5.91 Å². The number of carbonyl (C=O) groups is 1. The van der Waals surface area contributed by atoms with Crippen LogP contribution in [0.2, 0.25) is 0 Å². The number of carbonyl (C=O) groups excluding carboxylic acids is 1. The quantitative estimate of drug-likeness (QED) is 0.441. The Labute approximate surface area is 185 Å². The summed E-state index contributed by atoms with van der Waals surface area (Å²) in [5, 5.41) is 8.89. The van der Waals surface area contributed by atoms with E-state index in [1.54, 1.807) is 30.8 Å². The largest absolute Gasteiger partial charge is 0.296 e. The van der Waals surface area contributed by atoms with Crippen molar-refractivity contribution >= 4 is 34.1 Å². The predicted octanol–water partition coefficient (Wildman–Crippen LogP) is 4.78. The van der Waals surface area contributed by atoms with E-state index in [0.29, 0.717) is 16.5 Å². The average Bonchev–Trinajstić information content (AvgIpc) is 3.23. The van der Waals surface area contributed by atoms with Crippen LogP contribution >= 0.6 is 23.1 Å². The fourth-order valence-corrected chi connectivity index (χ4v) is 4.08. The van der Waals surface area contributed by atoms with Crippen LogP contribution in [0.1, 0.15) is 16.2 Å². The molecule has 2 aromatic carbocycles. The number of aryl methyl sites for hydroxylation is 1. The Bertz CT molecular complexity index is 1320. The number of hydrogen-bond donors (Lipinski definition) is 1.